The van der Waals surface area contributed by atoms with E-state index in [1.165, 1.54) is 6.07 Å². The Morgan fingerprint density at radius 2 is 1.94 bits per heavy atom. The van der Waals surface area contributed by atoms with Crippen LogP contribution in [0.1, 0.15) is 0 Å². The summed E-state index contributed by atoms with van der Waals surface area (Å²) in [5.41, 5.74) is -1.99. The molecule has 2 rings (SSSR count). The number of nitrogens with one attached hydrogen (secondary N) is 1. The van der Waals surface area contributed by atoms with Gasteiger partial charge in [0.15, 0.2) is 0 Å². The van der Waals surface area contributed by atoms with Crippen molar-refractivity contribution in [2.75, 3.05) is 0 Å². The number of rotatable bonds is 1. The molecule has 0 aliphatic carbocycles. The highest BCUT2D eigenvalue weighted by atomic mass is 79.9. The van der Waals surface area contributed by atoms with Crippen LogP contribution in [-0.2, 0) is 0 Å². The van der Waals surface area contributed by atoms with Gasteiger partial charge < -0.3 is 5.11 Å². The molecule has 0 unspecified atom stereocenters. The number of benzene rings is 1. The minimum atomic E-state index is -1.41. The minimum Gasteiger partial charge on any atom is -0.492 e. The van der Waals surface area contributed by atoms with Gasteiger partial charge in [-0.3, -0.25) is 9.78 Å². The number of aromatic amines is 1. The molecule has 1 aromatic heterocycles. The van der Waals surface area contributed by atoms with Crippen molar-refractivity contribution in [2.45, 2.75) is 0 Å². The molecule has 0 radical (unpaired) electrons. The number of nitrogens with zero attached hydrogens (tertiary/aromatic N) is 1. The Kier molecular flexibility index (Phi) is 3.40. The van der Waals surface area contributed by atoms with Crippen LogP contribution < -0.4 is 11.2 Å². The Morgan fingerprint density at radius 1 is 1.28 bits per heavy atom. The van der Waals surface area contributed by atoms with Crippen LogP contribution in [0.3, 0.4) is 0 Å². The lowest BCUT2D eigenvalue weighted by molar-refractivity contribution is 0.386. The molecule has 0 spiro atoms. The number of H-pyrrole nitrogens is 1. The molecule has 8 heteroatoms. The molecule has 0 fully saturated rings. The molecule has 0 atom stereocenters. The first-order chi connectivity index (χ1) is 8.41. The summed E-state index contributed by atoms with van der Waals surface area (Å²) in [6.07, 6.45) is 0. The van der Waals surface area contributed by atoms with Crippen molar-refractivity contribution in [2.24, 2.45) is 0 Å². The van der Waals surface area contributed by atoms with Crippen molar-refractivity contribution in [1.29, 1.82) is 0 Å². The zero-order valence-corrected chi connectivity index (χ0v) is 11.7. The molecular weight excluding hydrogens is 375 g/mol. The van der Waals surface area contributed by atoms with E-state index < -0.39 is 22.9 Å². The highest BCUT2D eigenvalue weighted by molar-refractivity contribution is 9.11. The predicted molar refractivity (Wildman–Crippen MR) is 69.7 cm³/mol. The van der Waals surface area contributed by atoms with Gasteiger partial charge in [0.1, 0.15) is 0 Å². The summed E-state index contributed by atoms with van der Waals surface area (Å²) in [4.78, 5) is 24.3. The van der Waals surface area contributed by atoms with E-state index in [0.717, 1.165) is 4.47 Å². The summed E-state index contributed by atoms with van der Waals surface area (Å²) < 4.78 is 15.1. The van der Waals surface area contributed by atoms with E-state index in [1.54, 1.807) is 17.1 Å². The van der Waals surface area contributed by atoms with Gasteiger partial charge in [0.05, 0.1) is 5.69 Å². The normalized spacial score (nSPS) is 10.6. The molecule has 0 saturated heterocycles. The Morgan fingerprint density at radius 3 is 2.56 bits per heavy atom. The molecule has 1 heterocycles. The third-order valence-corrected chi connectivity index (χ3v) is 3.31. The second kappa shape index (κ2) is 4.69. The summed E-state index contributed by atoms with van der Waals surface area (Å²) in [6.45, 7) is 0. The van der Waals surface area contributed by atoms with Crippen molar-refractivity contribution in [3.63, 3.8) is 0 Å². The molecule has 5 nitrogen and oxygen atoms in total. The van der Waals surface area contributed by atoms with Crippen LogP contribution in [0.25, 0.3) is 5.69 Å². The maximum atomic E-state index is 13.3. The van der Waals surface area contributed by atoms with Gasteiger partial charge in [0, 0.05) is 8.95 Å². The molecule has 0 aliphatic heterocycles. The summed E-state index contributed by atoms with van der Waals surface area (Å²) in [6, 6.07) is 4.70. The summed E-state index contributed by atoms with van der Waals surface area (Å²) in [7, 11) is 0. The van der Waals surface area contributed by atoms with Gasteiger partial charge in [-0.2, -0.15) is 4.39 Å². The zero-order valence-electron chi connectivity index (χ0n) is 8.58. The van der Waals surface area contributed by atoms with E-state index in [0.29, 0.717) is 9.04 Å². The molecule has 2 N–H and O–H groups in total. The lowest BCUT2D eigenvalue weighted by Gasteiger charge is -2.10. The van der Waals surface area contributed by atoms with E-state index in [9.17, 15) is 19.1 Å². The van der Waals surface area contributed by atoms with E-state index in [4.69, 9.17) is 0 Å². The second-order valence-corrected chi connectivity index (χ2v) is 5.10. The van der Waals surface area contributed by atoms with Gasteiger partial charge in [-0.15, -0.1) is 0 Å². The maximum Gasteiger partial charge on any atom is 0.335 e. The summed E-state index contributed by atoms with van der Waals surface area (Å²) in [5.74, 6) is -2.45. The average Bonchev–Trinajstić information content (AvgIpc) is 2.29. The zero-order chi connectivity index (χ0) is 13.4. The Balaban J connectivity index is 2.84. The SMILES string of the molecule is O=c1[nH]c(=O)n(-c2ccc(Br)cc2Br)c(O)c1F. The monoisotopic (exact) mass is 378 g/mol. The molecule has 0 saturated carbocycles. The van der Waals surface area contributed by atoms with Gasteiger partial charge >= 0.3 is 5.69 Å². The third kappa shape index (κ3) is 2.13. The first-order valence-corrected chi connectivity index (χ1v) is 6.19. The van der Waals surface area contributed by atoms with Gasteiger partial charge in [0.2, 0.25) is 11.7 Å². The van der Waals surface area contributed by atoms with Gasteiger partial charge in [0.25, 0.3) is 5.56 Å². The summed E-state index contributed by atoms with van der Waals surface area (Å²) >= 11 is 6.40. The number of hydrogen-bond acceptors (Lipinski definition) is 3. The smallest absolute Gasteiger partial charge is 0.335 e. The predicted octanol–water partition coefficient (Wildman–Crippen LogP) is 1.90. The van der Waals surface area contributed by atoms with Crippen LogP contribution in [0.15, 0.2) is 36.7 Å². The molecule has 0 amide bonds. The van der Waals surface area contributed by atoms with Crippen molar-refractivity contribution < 1.29 is 9.50 Å². The van der Waals surface area contributed by atoms with Crippen LogP contribution >= 0.6 is 31.9 Å². The fraction of sp³-hybridized carbons (Fsp3) is 0. The number of hydrogen-bond donors (Lipinski definition) is 2. The van der Waals surface area contributed by atoms with Crippen molar-refractivity contribution in [3.8, 4) is 11.6 Å². The quantitative estimate of drug-likeness (QED) is 0.794. The lowest BCUT2D eigenvalue weighted by atomic mass is 10.3. The fourth-order valence-corrected chi connectivity index (χ4v) is 2.61. The Bertz CT molecular complexity index is 739. The minimum absolute atomic E-state index is 0.204. The highest BCUT2D eigenvalue weighted by Gasteiger charge is 2.16. The van der Waals surface area contributed by atoms with Crippen LogP contribution in [0.5, 0.6) is 5.88 Å². The molecular formula is C10H5Br2FN2O3. The largest absolute Gasteiger partial charge is 0.492 e. The Labute approximate surface area is 116 Å². The number of aromatic nitrogens is 2. The molecule has 0 aliphatic rings. The van der Waals surface area contributed by atoms with E-state index in [1.807, 2.05) is 0 Å². The first kappa shape index (κ1) is 13.0. The first-order valence-electron chi connectivity index (χ1n) is 4.61. The lowest BCUT2D eigenvalue weighted by Crippen LogP contribution is -2.31. The van der Waals surface area contributed by atoms with Gasteiger partial charge in [-0.25, -0.2) is 9.36 Å². The van der Waals surface area contributed by atoms with E-state index in [-0.39, 0.29) is 5.69 Å². The van der Waals surface area contributed by atoms with Crippen LogP contribution in [-0.4, -0.2) is 14.7 Å². The van der Waals surface area contributed by atoms with E-state index in [2.05, 4.69) is 31.9 Å². The average molecular weight is 380 g/mol. The van der Waals surface area contributed by atoms with Crippen molar-refractivity contribution >= 4 is 31.9 Å². The molecule has 2 aromatic rings. The molecule has 18 heavy (non-hydrogen) atoms. The number of aromatic hydroxyl groups is 1. The van der Waals surface area contributed by atoms with Crippen LogP contribution in [0, 0.1) is 5.82 Å². The second-order valence-electron chi connectivity index (χ2n) is 3.33. The molecule has 1 aromatic carbocycles. The standard InChI is InChI=1S/C10H5Br2FN2O3/c11-4-1-2-6(5(12)3-4)15-9(17)7(13)8(16)14-10(15)18/h1-3,17H,(H,14,16,18). The maximum absolute atomic E-state index is 13.3. The Hall–Kier alpha value is -1.41. The van der Waals surface area contributed by atoms with Crippen molar-refractivity contribution in [1.82, 2.24) is 9.55 Å². The van der Waals surface area contributed by atoms with Gasteiger partial charge in [-0.05, 0) is 34.1 Å². The van der Waals surface area contributed by atoms with Crippen LogP contribution in [0.4, 0.5) is 4.39 Å². The molecule has 0 bridgehead atoms. The fourth-order valence-electron chi connectivity index (χ4n) is 1.39. The van der Waals surface area contributed by atoms with Crippen molar-refractivity contribution in [3.05, 3.63) is 53.8 Å². The number of halogens is 3. The molecule has 94 valence electrons. The summed E-state index contributed by atoms with van der Waals surface area (Å²) in [5, 5.41) is 9.54. The third-order valence-electron chi connectivity index (χ3n) is 2.18. The van der Waals surface area contributed by atoms with E-state index >= 15 is 0 Å². The topological polar surface area (TPSA) is 75.1 Å². The highest BCUT2D eigenvalue weighted by Crippen LogP contribution is 2.26. The van der Waals surface area contributed by atoms with Crippen LogP contribution in [0.2, 0.25) is 0 Å². The van der Waals surface area contributed by atoms with Gasteiger partial charge in [-0.1, -0.05) is 15.9 Å².